The highest BCUT2D eigenvalue weighted by Crippen LogP contribution is 1.60. The van der Waals surface area contributed by atoms with Crippen LogP contribution in [-0.2, 0) is 23.9 Å². The summed E-state index contributed by atoms with van der Waals surface area (Å²) in [6.07, 6.45) is 0. The van der Waals surface area contributed by atoms with Crippen LogP contribution in [0.3, 0.4) is 0 Å². The second-order valence-electron chi connectivity index (χ2n) is 2.30. The lowest BCUT2D eigenvalue weighted by Gasteiger charge is -1.80. The summed E-state index contributed by atoms with van der Waals surface area (Å²) in [4.78, 5) is 28.6. The molecule has 17 heavy (non-hydrogen) atoms. The lowest BCUT2D eigenvalue weighted by molar-refractivity contribution is -0.138. The topological polar surface area (TPSA) is 69.7 Å². The van der Waals surface area contributed by atoms with Gasteiger partial charge >= 0.3 is 11.9 Å². The molecule has 0 unspecified atom stereocenters. The SMILES string of the molecule is C.C.C.CC(C)=O.COC(C)=O.COC(C)=O. The zero-order chi connectivity index (χ0) is 12.1. The molecule has 0 aliphatic carbocycles. The number of carbonyl (C=O) groups is 3. The van der Waals surface area contributed by atoms with Crippen molar-refractivity contribution in [2.45, 2.75) is 50.0 Å². The van der Waals surface area contributed by atoms with Gasteiger partial charge in [-0.15, -0.1) is 0 Å². The predicted octanol–water partition coefficient (Wildman–Crippen LogP) is 2.86. The number of rotatable bonds is 0. The molecule has 0 fully saturated rings. The molecule has 0 heterocycles. The smallest absolute Gasteiger partial charge is 0.302 e. The maximum Gasteiger partial charge on any atom is 0.302 e. The van der Waals surface area contributed by atoms with E-state index >= 15 is 0 Å². The maximum atomic E-state index is 9.59. The minimum absolute atomic E-state index is 0. The Morgan fingerprint density at radius 1 is 0.647 bits per heavy atom. The number of ether oxygens (including phenoxy) is 2. The van der Waals surface area contributed by atoms with Crippen LogP contribution >= 0.6 is 0 Å². The van der Waals surface area contributed by atoms with Crippen LogP contribution in [-0.4, -0.2) is 31.9 Å². The van der Waals surface area contributed by atoms with E-state index in [1.165, 1.54) is 41.9 Å². The molecule has 0 radical (unpaired) electrons. The van der Waals surface area contributed by atoms with E-state index in [-0.39, 0.29) is 40.0 Å². The Labute approximate surface area is 106 Å². The molecule has 0 aromatic carbocycles. The van der Waals surface area contributed by atoms with Crippen molar-refractivity contribution < 1.29 is 23.9 Å². The summed E-state index contributed by atoms with van der Waals surface area (Å²) in [7, 11) is 2.70. The average molecular weight is 254 g/mol. The van der Waals surface area contributed by atoms with Gasteiger partial charge in [0.05, 0.1) is 14.2 Å². The number of carbonyl (C=O) groups excluding carboxylic acids is 3. The van der Waals surface area contributed by atoms with Gasteiger partial charge in [-0.3, -0.25) is 9.59 Å². The van der Waals surface area contributed by atoms with Gasteiger partial charge in [-0.2, -0.15) is 0 Å². The molecule has 0 saturated carbocycles. The van der Waals surface area contributed by atoms with Crippen LogP contribution in [0, 0.1) is 0 Å². The molecule has 0 atom stereocenters. The van der Waals surface area contributed by atoms with E-state index in [0.717, 1.165) is 0 Å². The highest BCUT2D eigenvalue weighted by molar-refractivity contribution is 5.72. The Morgan fingerprint density at radius 2 is 0.706 bits per heavy atom. The molecule has 0 aliphatic rings. The van der Waals surface area contributed by atoms with E-state index in [9.17, 15) is 14.4 Å². The minimum atomic E-state index is -0.245. The number of hydrogen-bond acceptors (Lipinski definition) is 5. The fourth-order valence-electron chi connectivity index (χ4n) is 0. The number of Topliss-reactive ketones (excluding diaryl/α,β-unsaturated/α-hetero) is 1. The summed E-state index contributed by atoms with van der Waals surface area (Å²) in [6.45, 7) is 5.78. The minimum Gasteiger partial charge on any atom is -0.469 e. The molecule has 0 rings (SSSR count). The van der Waals surface area contributed by atoms with Crippen LogP contribution < -0.4 is 0 Å². The molecule has 0 N–H and O–H groups in total. The van der Waals surface area contributed by atoms with Crippen LogP contribution in [0.15, 0.2) is 0 Å². The molecule has 0 saturated heterocycles. The normalized spacial score (nSPS) is 5.53. The quantitative estimate of drug-likeness (QED) is 0.622. The van der Waals surface area contributed by atoms with Crippen LogP contribution in [0.25, 0.3) is 0 Å². The van der Waals surface area contributed by atoms with Crippen molar-refractivity contribution in [1.29, 1.82) is 0 Å². The summed E-state index contributed by atoms with van der Waals surface area (Å²) in [6, 6.07) is 0. The first kappa shape index (κ1) is 36.1. The Bertz CT molecular complexity index is 158. The fraction of sp³-hybridized carbons (Fsp3) is 0.750. The molecule has 0 bridgehead atoms. The Morgan fingerprint density at radius 3 is 0.706 bits per heavy atom. The van der Waals surface area contributed by atoms with Crippen LogP contribution in [0.4, 0.5) is 0 Å². The van der Waals surface area contributed by atoms with Crippen molar-refractivity contribution in [1.82, 2.24) is 0 Å². The number of methoxy groups -OCH3 is 2. The van der Waals surface area contributed by atoms with Gasteiger partial charge in [0.2, 0.25) is 0 Å². The van der Waals surface area contributed by atoms with E-state index in [1.807, 2.05) is 0 Å². The molecule has 0 aromatic heterocycles. The molecule has 5 heteroatoms. The first-order valence-electron chi connectivity index (χ1n) is 3.84. The summed E-state index contributed by atoms with van der Waals surface area (Å²) in [5.74, 6) is -0.324. The molecule has 5 nitrogen and oxygen atoms in total. The van der Waals surface area contributed by atoms with E-state index in [2.05, 4.69) is 9.47 Å². The monoisotopic (exact) mass is 254 g/mol. The molecule has 0 amide bonds. The molecular formula is C12H30O5. The molecule has 108 valence electrons. The fourth-order valence-corrected chi connectivity index (χ4v) is 0. The molecule has 0 spiro atoms. The summed E-state index contributed by atoms with van der Waals surface area (Å²) in [5, 5.41) is 0. The summed E-state index contributed by atoms with van der Waals surface area (Å²) >= 11 is 0. The van der Waals surface area contributed by atoms with E-state index in [4.69, 9.17) is 0 Å². The third-order valence-corrected chi connectivity index (χ3v) is 0.575. The Balaban J connectivity index is -0.0000000247. The number of esters is 2. The van der Waals surface area contributed by atoms with Gasteiger partial charge in [-0.25, -0.2) is 0 Å². The molecule has 0 aliphatic heterocycles. The van der Waals surface area contributed by atoms with Crippen molar-refractivity contribution in [3.8, 4) is 0 Å². The van der Waals surface area contributed by atoms with E-state index in [0.29, 0.717) is 0 Å². The lowest BCUT2D eigenvalue weighted by Crippen LogP contribution is -1.88. The van der Waals surface area contributed by atoms with Crippen molar-refractivity contribution >= 4 is 17.7 Å². The van der Waals surface area contributed by atoms with Gasteiger partial charge in [-0.1, -0.05) is 22.3 Å². The van der Waals surface area contributed by atoms with Gasteiger partial charge in [0.15, 0.2) is 0 Å². The molecule has 0 aromatic rings. The Hall–Kier alpha value is -1.39. The molecular weight excluding hydrogens is 224 g/mol. The summed E-state index contributed by atoms with van der Waals surface area (Å²) in [5.41, 5.74) is 0. The first-order valence-corrected chi connectivity index (χ1v) is 3.84. The van der Waals surface area contributed by atoms with Gasteiger partial charge in [-0.05, 0) is 13.8 Å². The third-order valence-electron chi connectivity index (χ3n) is 0.575. The predicted molar refractivity (Wildman–Crippen MR) is 71.9 cm³/mol. The highest BCUT2D eigenvalue weighted by Gasteiger charge is 1.76. The first-order chi connectivity index (χ1) is 6.27. The van der Waals surface area contributed by atoms with Crippen LogP contribution in [0.5, 0.6) is 0 Å². The average Bonchev–Trinajstić information content (AvgIpc) is 2.04. The maximum absolute atomic E-state index is 9.59. The second-order valence-corrected chi connectivity index (χ2v) is 2.30. The largest absolute Gasteiger partial charge is 0.469 e. The van der Waals surface area contributed by atoms with Gasteiger partial charge in [0.25, 0.3) is 0 Å². The van der Waals surface area contributed by atoms with Gasteiger partial charge in [0, 0.05) is 13.8 Å². The van der Waals surface area contributed by atoms with Gasteiger partial charge < -0.3 is 14.3 Å². The second kappa shape index (κ2) is 29.3. The zero-order valence-electron chi connectivity index (χ0n) is 9.54. The van der Waals surface area contributed by atoms with Crippen molar-refractivity contribution in [2.75, 3.05) is 14.2 Å². The number of ketones is 1. The van der Waals surface area contributed by atoms with E-state index < -0.39 is 0 Å². The van der Waals surface area contributed by atoms with Crippen LogP contribution in [0.1, 0.15) is 50.0 Å². The number of hydrogen-bond donors (Lipinski definition) is 0. The summed E-state index contributed by atoms with van der Waals surface area (Å²) < 4.78 is 8.22. The van der Waals surface area contributed by atoms with Crippen LogP contribution in [0.2, 0.25) is 0 Å². The highest BCUT2D eigenvalue weighted by atomic mass is 16.5. The zero-order valence-corrected chi connectivity index (χ0v) is 9.54. The van der Waals surface area contributed by atoms with E-state index in [1.54, 1.807) is 0 Å². The Kier molecular flexibility index (Phi) is 62.2. The lowest BCUT2D eigenvalue weighted by atomic mass is 10.6. The van der Waals surface area contributed by atoms with Crippen molar-refractivity contribution in [3.63, 3.8) is 0 Å². The standard InChI is InChI=1S/2C3H6O2.C3H6O.3CH4/c2*1-3(4)5-2;1-3(2)4;;;/h2*1-2H3;1-2H3;3*1H4. The van der Waals surface area contributed by atoms with Crippen molar-refractivity contribution in [3.05, 3.63) is 0 Å². The van der Waals surface area contributed by atoms with Crippen molar-refractivity contribution in [2.24, 2.45) is 0 Å². The third kappa shape index (κ3) is 341. The van der Waals surface area contributed by atoms with Gasteiger partial charge in [0.1, 0.15) is 5.78 Å².